The van der Waals surface area contributed by atoms with Crippen LogP contribution in [0.4, 0.5) is 4.39 Å². The van der Waals surface area contributed by atoms with E-state index in [2.05, 4.69) is 21.2 Å². The molecule has 2 rings (SSSR count). The van der Waals surface area contributed by atoms with Crippen molar-refractivity contribution in [3.8, 4) is 0 Å². The van der Waals surface area contributed by atoms with Crippen molar-refractivity contribution >= 4 is 27.8 Å². The lowest BCUT2D eigenvalue weighted by Gasteiger charge is -2.17. The standard InChI is InChI=1S/C16H13BrFNO3/c1-22-16(21)14(10-2-6-12(17)7-3-10)19-15(20)11-4-8-13(18)9-5-11/h2-9,14H,1H3,(H,19,20)/t14-/m1/s1. The summed E-state index contributed by atoms with van der Waals surface area (Å²) in [6.45, 7) is 0. The fourth-order valence-electron chi connectivity index (χ4n) is 1.87. The summed E-state index contributed by atoms with van der Waals surface area (Å²) >= 11 is 3.30. The zero-order valence-electron chi connectivity index (χ0n) is 11.7. The monoisotopic (exact) mass is 365 g/mol. The highest BCUT2D eigenvalue weighted by Gasteiger charge is 2.24. The predicted octanol–water partition coefficient (Wildman–Crippen LogP) is 3.23. The van der Waals surface area contributed by atoms with Crippen LogP contribution in [0.2, 0.25) is 0 Å². The average molecular weight is 366 g/mol. The summed E-state index contributed by atoms with van der Waals surface area (Å²) in [6.07, 6.45) is 0. The van der Waals surface area contributed by atoms with Gasteiger partial charge in [0.2, 0.25) is 0 Å². The fourth-order valence-corrected chi connectivity index (χ4v) is 2.13. The smallest absolute Gasteiger partial charge is 0.333 e. The Bertz CT molecular complexity index is 671. The number of amides is 1. The summed E-state index contributed by atoms with van der Waals surface area (Å²) < 4.78 is 18.5. The van der Waals surface area contributed by atoms with E-state index in [-0.39, 0.29) is 5.56 Å². The molecule has 0 unspecified atom stereocenters. The van der Waals surface area contributed by atoms with Crippen molar-refractivity contribution in [2.75, 3.05) is 7.11 Å². The van der Waals surface area contributed by atoms with Gasteiger partial charge in [-0.15, -0.1) is 0 Å². The quantitative estimate of drug-likeness (QED) is 0.846. The second-order valence-corrected chi connectivity index (χ2v) is 5.40. The van der Waals surface area contributed by atoms with E-state index in [0.717, 1.165) is 4.47 Å². The molecule has 0 heterocycles. The van der Waals surface area contributed by atoms with Crippen LogP contribution in [0.15, 0.2) is 53.0 Å². The zero-order valence-corrected chi connectivity index (χ0v) is 13.3. The Balaban J connectivity index is 2.23. The first-order valence-corrected chi connectivity index (χ1v) is 7.20. The van der Waals surface area contributed by atoms with Gasteiger partial charge in [0.15, 0.2) is 6.04 Å². The van der Waals surface area contributed by atoms with Crippen molar-refractivity contribution in [2.24, 2.45) is 0 Å². The van der Waals surface area contributed by atoms with Gasteiger partial charge in [0.05, 0.1) is 7.11 Å². The number of ether oxygens (including phenoxy) is 1. The molecule has 0 fully saturated rings. The van der Waals surface area contributed by atoms with Crippen molar-refractivity contribution in [3.63, 3.8) is 0 Å². The second kappa shape index (κ2) is 7.17. The van der Waals surface area contributed by atoms with Gasteiger partial charge in [-0.2, -0.15) is 0 Å². The third-order valence-corrected chi connectivity index (χ3v) is 3.55. The lowest BCUT2D eigenvalue weighted by atomic mass is 10.1. The number of benzene rings is 2. The van der Waals surface area contributed by atoms with Crippen LogP contribution in [0.3, 0.4) is 0 Å². The number of rotatable bonds is 4. The van der Waals surface area contributed by atoms with E-state index >= 15 is 0 Å². The molecule has 1 N–H and O–H groups in total. The Labute approximate surface area is 135 Å². The fraction of sp³-hybridized carbons (Fsp3) is 0.125. The van der Waals surface area contributed by atoms with Gasteiger partial charge in [-0.1, -0.05) is 28.1 Å². The Morgan fingerprint density at radius 2 is 1.68 bits per heavy atom. The van der Waals surface area contributed by atoms with Gasteiger partial charge in [-0.05, 0) is 42.0 Å². The third kappa shape index (κ3) is 3.92. The number of hydrogen-bond donors (Lipinski definition) is 1. The highest BCUT2D eigenvalue weighted by Crippen LogP contribution is 2.19. The van der Waals surface area contributed by atoms with Gasteiger partial charge in [0, 0.05) is 10.0 Å². The van der Waals surface area contributed by atoms with E-state index in [4.69, 9.17) is 4.74 Å². The molecule has 1 amide bonds. The molecule has 1 atom stereocenters. The summed E-state index contributed by atoms with van der Waals surface area (Å²) in [5.41, 5.74) is 0.845. The van der Waals surface area contributed by atoms with Crippen LogP contribution in [-0.2, 0) is 9.53 Å². The zero-order chi connectivity index (χ0) is 16.1. The number of halogens is 2. The Kier molecular flexibility index (Phi) is 5.27. The van der Waals surface area contributed by atoms with Crippen molar-refractivity contribution < 1.29 is 18.7 Å². The van der Waals surface area contributed by atoms with Crippen LogP contribution in [0, 0.1) is 5.82 Å². The Morgan fingerprint density at radius 3 is 2.23 bits per heavy atom. The molecule has 2 aromatic carbocycles. The Hall–Kier alpha value is -2.21. The molecule has 114 valence electrons. The minimum absolute atomic E-state index is 0.257. The summed E-state index contributed by atoms with van der Waals surface area (Å²) in [5, 5.41) is 2.59. The molecule has 0 aliphatic heterocycles. The molecule has 0 saturated heterocycles. The first-order chi connectivity index (χ1) is 10.5. The highest BCUT2D eigenvalue weighted by atomic mass is 79.9. The number of carbonyl (C=O) groups excluding carboxylic acids is 2. The topological polar surface area (TPSA) is 55.4 Å². The van der Waals surface area contributed by atoms with Gasteiger partial charge in [-0.25, -0.2) is 9.18 Å². The number of hydrogen-bond acceptors (Lipinski definition) is 3. The molecule has 0 aliphatic rings. The van der Waals surface area contributed by atoms with Crippen LogP contribution in [0.5, 0.6) is 0 Å². The lowest BCUT2D eigenvalue weighted by molar-refractivity contribution is -0.143. The van der Waals surface area contributed by atoms with Gasteiger partial charge in [-0.3, -0.25) is 4.79 Å². The van der Waals surface area contributed by atoms with Crippen LogP contribution >= 0.6 is 15.9 Å². The first-order valence-electron chi connectivity index (χ1n) is 6.41. The van der Waals surface area contributed by atoms with E-state index in [1.165, 1.54) is 31.4 Å². The van der Waals surface area contributed by atoms with Gasteiger partial charge in [0.25, 0.3) is 5.91 Å². The van der Waals surface area contributed by atoms with E-state index in [9.17, 15) is 14.0 Å². The molecule has 4 nitrogen and oxygen atoms in total. The second-order valence-electron chi connectivity index (χ2n) is 4.49. The van der Waals surface area contributed by atoms with Gasteiger partial charge in [0.1, 0.15) is 5.82 Å². The molecule has 6 heteroatoms. The van der Waals surface area contributed by atoms with Crippen molar-refractivity contribution in [3.05, 3.63) is 69.9 Å². The molecular formula is C16H13BrFNO3. The van der Waals surface area contributed by atoms with E-state index in [1.807, 2.05) is 0 Å². The maximum Gasteiger partial charge on any atom is 0.333 e. The maximum absolute atomic E-state index is 12.9. The SMILES string of the molecule is COC(=O)[C@H](NC(=O)c1ccc(F)cc1)c1ccc(Br)cc1. The molecule has 0 saturated carbocycles. The largest absolute Gasteiger partial charge is 0.467 e. The van der Waals surface area contributed by atoms with Gasteiger partial charge >= 0.3 is 5.97 Å². The number of methoxy groups -OCH3 is 1. The van der Waals surface area contributed by atoms with Crippen LogP contribution in [0.25, 0.3) is 0 Å². The average Bonchev–Trinajstić information content (AvgIpc) is 2.53. The molecule has 0 aromatic heterocycles. The molecule has 0 bridgehead atoms. The van der Waals surface area contributed by atoms with E-state index in [0.29, 0.717) is 5.56 Å². The highest BCUT2D eigenvalue weighted by molar-refractivity contribution is 9.10. The Morgan fingerprint density at radius 1 is 1.09 bits per heavy atom. The molecule has 22 heavy (non-hydrogen) atoms. The summed E-state index contributed by atoms with van der Waals surface area (Å²) in [5.74, 6) is -1.51. The van der Waals surface area contributed by atoms with E-state index < -0.39 is 23.7 Å². The van der Waals surface area contributed by atoms with Crippen molar-refractivity contribution in [2.45, 2.75) is 6.04 Å². The summed E-state index contributed by atoms with van der Waals surface area (Å²) in [7, 11) is 1.25. The first kappa shape index (κ1) is 16.2. The molecular weight excluding hydrogens is 353 g/mol. The van der Waals surface area contributed by atoms with Crippen LogP contribution < -0.4 is 5.32 Å². The summed E-state index contributed by atoms with van der Waals surface area (Å²) in [6, 6.07) is 11.1. The van der Waals surface area contributed by atoms with Gasteiger partial charge < -0.3 is 10.1 Å². The lowest BCUT2D eigenvalue weighted by Crippen LogP contribution is -2.34. The summed E-state index contributed by atoms with van der Waals surface area (Å²) in [4.78, 5) is 24.1. The van der Waals surface area contributed by atoms with Crippen LogP contribution in [0.1, 0.15) is 22.0 Å². The van der Waals surface area contributed by atoms with Crippen molar-refractivity contribution in [1.82, 2.24) is 5.32 Å². The normalized spacial score (nSPS) is 11.6. The molecule has 0 radical (unpaired) electrons. The van der Waals surface area contributed by atoms with Crippen molar-refractivity contribution in [1.29, 1.82) is 0 Å². The number of nitrogens with one attached hydrogen (secondary N) is 1. The molecule has 0 spiro atoms. The maximum atomic E-state index is 12.9. The third-order valence-electron chi connectivity index (χ3n) is 3.02. The minimum Gasteiger partial charge on any atom is -0.467 e. The van der Waals surface area contributed by atoms with Crippen LogP contribution in [-0.4, -0.2) is 19.0 Å². The number of carbonyl (C=O) groups is 2. The molecule has 2 aromatic rings. The number of esters is 1. The van der Waals surface area contributed by atoms with E-state index in [1.54, 1.807) is 24.3 Å². The predicted molar refractivity (Wildman–Crippen MR) is 82.8 cm³/mol. The minimum atomic E-state index is -0.935. The molecule has 0 aliphatic carbocycles.